The first kappa shape index (κ1) is 27.9. The number of carbonyl (C=O) groups is 1. The average molecular weight is 570 g/mol. The van der Waals surface area contributed by atoms with Crippen LogP contribution in [0.3, 0.4) is 0 Å². The molecule has 7 nitrogen and oxygen atoms in total. The van der Waals surface area contributed by atoms with E-state index < -0.39 is 0 Å². The molecule has 0 aliphatic carbocycles. The highest BCUT2D eigenvalue weighted by Crippen LogP contribution is 2.42. The van der Waals surface area contributed by atoms with Gasteiger partial charge in [-0.2, -0.15) is 0 Å². The monoisotopic (exact) mass is 568 g/mol. The van der Waals surface area contributed by atoms with Crippen molar-refractivity contribution in [3.63, 3.8) is 0 Å². The van der Waals surface area contributed by atoms with Gasteiger partial charge in [0.25, 0.3) is 0 Å². The molecule has 2 amide bonds. The summed E-state index contributed by atoms with van der Waals surface area (Å²) in [6.07, 6.45) is 5.59. The molecule has 3 heterocycles. The highest BCUT2D eigenvalue weighted by Gasteiger charge is 2.42. The number of amides is 2. The molecule has 2 aromatic carbocycles. The van der Waals surface area contributed by atoms with E-state index in [0.29, 0.717) is 46.3 Å². The van der Waals surface area contributed by atoms with Crippen LogP contribution in [0.4, 0.5) is 16.2 Å². The highest BCUT2D eigenvalue weighted by molar-refractivity contribution is 6.31. The van der Waals surface area contributed by atoms with Crippen molar-refractivity contribution in [3.05, 3.63) is 69.7 Å². The number of nitrogens with one attached hydrogen (secondary N) is 1. The van der Waals surface area contributed by atoms with E-state index in [9.17, 15) is 4.79 Å². The Morgan fingerprint density at radius 1 is 1.03 bits per heavy atom. The minimum Gasteiger partial charge on any atom is -0.312 e. The number of hydrogen-bond donors (Lipinski definition) is 1. The van der Waals surface area contributed by atoms with Gasteiger partial charge in [0.15, 0.2) is 0 Å². The molecule has 2 saturated heterocycles. The maximum absolute atomic E-state index is 13.4. The second-order valence-corrected chi connectivity index (χ2v) is 12.1. The normalized spacial score (nSPS) is 20.9. The lowest BCUT2D eigenvalue weighted by molar-refractivity contribution is 0.104. The van der Waals surface area contributed by atoms with Gasteiger partial charge in [-0.1, -0.05) is 43.1 Å². The molecule has 1 aromatic heterocycles. The smallest absolute Gasteiger partial charge is 0.312 e. The lowest BCUT2D eigenvalue weighted by Crippen LogP contribution is -2.45. The van der Waals surface area contributed by atoms with Crippen LogP contribution in [0, 0.1) is 13.8 Å². The van der Waals surface area contributed by atoms with Crippen LogP contribution in [0.25, 0.3) is 0 Å². The topological polar surface area (TPSA) is 66.3 Å². The van der Waals surface area contributed by atoms with Crippen LogP contribution in [-0.4, -0.2) is 50.9 Å². The van der Waals surface area contributed by atoms with Crippen molar-refractivity contribution < 1.29 is 4.79 Å². The van der Waals surface area contributed by atoms with Crippen molar-refractivity contribution in [2.24, 2.45) is 0 Å². The zero-order chi connectivity index (χ0) is 27.7. The fraction of sp³-hybridized carbons (Fsp3) is 0.500. The molecule has 0 radical (unpaired) electrons. The van der Waals surface area contributed by atoms with Crippen LogP contribution in [0.1, 0.15) is 75.1 Å². The van der Waals surface area contributed by atoms with Gasteiger partial charge >= 0.3 is 6.03 Å². The SMILES string of the molecule is Cc1ccc(N(CCCN2[C@@H]3CC[C@H]2CC(n2c(C)nnc2C(C)C)C3)C(=O)Nc2ccc(Cl)cc2)cc1Cl. The molecule has 2 aliphatic heterocycles. The third-order valence-electron chi connectivity index (χ3n) is 8.24. The Balaban J connectivity index is 1.26. The van der Waals surface area contributed by atoms with Crippen molar-refractivity contribution >= 4 is 40.6 Å². The van der Waals surface area contributed by atoms with Gasteiger partial charge in [0, 0.05) is 58.6 Å². The summed E-state index contributed by atoms with van der Waals surface area (Å²) in [4.78, 5) is 17.9. The third kappa shape index (κ3) is 6.11. The Morgan fingerprint density at radius 2 is 1.72 bits per heavy atom. The molecule has 3 aromatic rings. The Morgan fingerprint density at radius 3 is 2.36 bits per heavy atom. The quantitative estimate of drug-likeness (QED) is 0.303. The van der Waals surface area contributed by atoms with E-state index in [0.717, 1.165) is 48.7 Å². The standard InChI is InChI=1S/C30H38Cl2N6O/c1-19(2)29-35-34-21(4)38(29)27-16-24-12-13-25(17-27)36(24)14-5-15-37(26-11-6-20(3)28(32)18-26)30(39)33-23-9-7-22(31)8-10-23/h6-11,18-19,24-25,27H,5,12-17H2,1-4H3,(H,33,39)/t24-,25+,27?. The van der Waals surface area contributed by atoms with Crippen molar-refractivity contribution in [1.82, 2.24) is 19.7 Å². The summed E-state index contributed by atoms with van der Waals surface area (Å²) < 4.78 is 2.40. The van der Waals surface area contributed by atoms with Gasteiger partial charge in [-0.05, 0) is 87.9 Å². The number of piperidine rings is 1. The van der Waals surface area contributed by atoms with E-state index in [4.69, 9.17) is 23.2 Å². The first-order valence-corrected chi connectivity index (χ1v) is 14.7. The number of halogens is 2. The van der Waals surface area contributed by atoms with Crippen LogP contribution >= 0.6 is 23.2 Å². The molecule has 2 bridgehead atoms. The molecule has 208 valence electrons. The molecule has 3 atom stereocenters. The predicted octanol–water partition coefficient (Wildman–Crippen LogP) is 7.62. The van der Waals surface area contributed by atoms with E-state index >= 15 is 0 Å². The number of nitrogens with zero attached hydrogens (tertiary/aromatic N) is 5. The van der Waals surface area contributed by atoms with Crippen molar-refractivity contribution in [2.45, 2.75) is 83.8 Å². The summed E-state index contributed by atoms with van der Waals surface area (Å²) in [6, 6.07) is 14.4. The number of aryl methyl sites for hydroxylation is 2. The molecule has 1 N–H and O–H groups in total. The van der Waals surface area contributed by atoms with E-state index in [1.807, 2.05) is 37.3 Å². The maximum Gasteiger partial charge on any atom is 0.326 e. The number of carbonyl (C=O) groups excluding carboxylic acids is 1. The summed E-state index contributed by atoms with van der Waals surface area (Å²) >= 11 is 12.5. The molecule has 0 spiro atoms. The largest absolute Gasteiger partial charge is 0.326 e. The minimum atomic E-state index is -0.178. The average Bonchev–Trinajstić information content (AvgIpc) is 3.40. The number of anilines is 2. The van der Waals surface area contributed by atoms with Gasteiger partial charge in [-0.25, -0.2) is 4.79 Å². The molecule has 1 unspecified atom stereocenters. The molecule has 2 fully saturated rings. The van der Waals surface area contributed by atoms with Crippen LogP contribution in [0.2, 0.25) is 10.0 Å². The molecular formula is C30H38Cl2N6O. The lowest BCUT2D eigenvalue weighted by Gasteiger charge is -2.40. The van der Waals surface area contributed by atoms with Crippen molar-refractivity contribution in [3.8, 4) is 0 Å². The number of fused-ring (bicyclic) bond motifs is 2. The van der Waals surface area contributed by atoms with Crippen LogP contribution in [0.5, 0.6) is 0 Å². The van der Waals surface area contributed by atoms with Crippen LogP contribution in [-0.2, 0) is 0 Å². The third-order valence-corrected chi connectivity index (χ3v) is 8.90. The molecule has 39 heavy (non-hydrogen) atoms. The Kier molecular flexibility index (Phi) is 8.50. The van der Waals surface area contributed by atoms with Gasteiger partial charge in [0.1, 0.15) is 11.6 Å². The number of hydrogen-bond acceptors (Lipinski definition) is 4. The van der Waals surface area contributed by atoms with E-state index in [1.54, 1.807) is 17.0 Å². The number of rotatable bonds is 8. The molecular weight excluding hydrogens is 531 g/mol. The summed E-state index contributed by atoms with van der Waals surface area (Å²) in [6.45, 7) is 9.99. The van der Waals surface area contributed by atoms with Crippen molar-refractivity contribution in [2.75, 3.05) is 23.3 Å². The lowest BCUT2D eigenvalue weighted by atomic mass is 9.96. The van der Waals surface area contributed by atoms with E-state index in [-0.39, 0.29) is 6.03 Å². The second kappa shape index (κ2) is 11.9. The highest BCUT2D eigenvalue weighted by atomic mass is 35.5. The van der Waals surface area contributed by atoms with Gasteiger partial charge < -0.3 is 9.88 Å². The van der Waals surface area contributed by atoms with Gasteiger partial charge in [-0.3, -0.25) is 9.80 Å². The zero-order valence-corrected chi connectivity index (χ0v) is 24.7. The fourth-order valence-corrected chi connectivity index (χ4v) is 6.59. The van der Waals surface area contributed by atoms with Gasteiger partial charge in [0.05, 0.1) is 0 Å². The van der Waals surface area contributed by atoms with Crippen LogP contribution < -0.4 is 10.2 Å². The predicted molar refractivity (Wildman–Crippen MR) is 159 cm³/mol. The molecule has 5 rings (SSSR count). The Bertz CT molecular complexity index is 1290. The summed E-state index contributed by atoms with van der Waals surface area (Å²) in [5.41, 5.74) is 2.49. The summed E-state index contributed by atoms with van der Waals surface area (Å²) in [5, 5.41) is 13.2. The van der Waals surface area contributed by atoms with Gasteiger partial charge in [-0.15, -0.1) is 10.2 Å². The fourth-order valence-electron chi connectivity index (χ4n) is 6.29. The van der Waals surface area contributed by atoms with E-state index in [2.05, 4.69) is 45.8 Å². The van der Waals surface area contributed by atoms with E-state index in [1.165, 1.54) is 12.8 Å². The van der Waals surface area contributed by atoms with Crippen LogP contribution in [0.15, 0.2) is 42.5 Å². The maximum atomic E-state index is 13.4. The number of urea groups is 1. The number of benzene rings is 2. The van der Waals surface area contributed by atoms with Gasteiger partial charge in [0.2, 0.25) is 0 Å². The second-order valence-electron chi connectivity index (χ2n) is 11.3. The first-order valence-electron chi connectivity index (χ1n) is 14.0. The van der Waals surface area contributed by atoms with Crippen molar-refractivity contribution in [1.29, 1.82) is 0 Å². The Labute approximate surface area is 241 Å². The summed E-state index contributed by atoms with van der Waals surface area (Å²) in [5.74, 6) is 2.49. The molecule has 0 saturated carbocycles. The Hall–Kier alpha value is -2.61. The number of aromatic nitrogens is 3. The first-order chi connectivity index (χ1) is 18.7. The zero-order valence-electron chi connectivity index (χ0n) is 23.2. The summed E-state index contributed by atoms with van der Waals surface area (Å²) in [7, 11) is 0. The molecule has 9 heteroatoms. The molecule has 2 aliphatic rings. The minimum absolute atomic E-state index is 0.178.